The number of thiophene rings is 1. The van der Waals surface area contributed by atoms with Crippen molar-refractivity contribution in [3.8, 4) is 11.1 Å². The Morgan fingerprint density at radius 2 is 1.86 bits per heavy atom. The lowest BCUT2D eigenvalue weighted by Gasteiger charge is -2.55. The number of morpholine rings is 1. The van der Waals surface area contributed by atoms with E-state index in [1.807, 2.05) is 25.3 Å². The van der Waals surface area contributed by atoms with Crippen molar-refractivity contribution in [2.75, 3.05) is 11.4 Å². The van der Waals surface area contributed by atoms with E-state index in [1.54, 1.807) is 11.3 Å². The van der Waals surface area contributed by atoms with Crippen molar-refractivity contribution < 1.29 is 19.1 Å². The number of nitrogens with zero attached hydrogens (tertiary/aromatic N) is 1. The first kappa shape index (κ1) is 18.3. The number of barbiturate groups is 1. The van der Waals surface area contributed by atoms with E-state index in [4.69, 9.17) is 4.74 Å². The maximum atomic E-state index is 13.1. The fourth-order valence-corrected chi connectivity index (χ4v) is 5.72. The highest BCUT2D eigenvalue weighted by molar-refractivity contribution is 7.08. The molecule has 1 spiro atoms. The summed E-state index contributed by atoms with van der Waals surface area (Å²) < 4.78 is 6.02. The summed E-state index contributed by atoms with van der Waals surface area (Å²) >= 11 is 1.62. The first-order valence-corrected chi connectivity index (χ1v) is 10.6. The molecule has 3 atom stereocenters. The third-order valence-corrected chi connectivity index (χ3v) is 6.85. The summed E-state index contributed by atoms with van der Waals surface area (Å²) in [6.45, 7) is 4.44. The number of nitrogens with one attached hydrogen (secondary N) is 2. The van der Waals surface area contributed by atoms with E-state index in [0.29, 0.717) is 6.54 Å². The molecule has 1 aromatic heterocycles. The summed E-state index contributed by atoms with van der Waals surface area (Å²) in [7, 11) is 0. The minimum absolute atomic E-state index is 0.0443. The molecule has 0 saturated carbocycles. The molecule has 5 rings (SSSR count). The number of hydrogen-bond acceptors (Lipinski definition) is 6. The van der Waals surface area contributed by atoms with Gasteiger partial charge in [-0.15, -0.1) is 0 Å². The van der Waals surface area contributed by atoms with Crippen LogP contribution in [0.15, 0.2) is 35.0 Å². The predicted octanol–water partition coefficient (Wildman–Crippen LogP) is 2.31. The quantitative estimate of drug-likeness (QED) is 0.703. The Bertz CT molecular complexity index is 999. The lowest BCUT2D eigenvalue weighted by atomic mass is 9.66. The maximum absolute atomic E-state index is 13.1. The molecule has 2 saturated heterocycles. The molecule has 0 unspecified atom stereocenters. The second kappa shape index (κ2) is 6.40. The van der Waals surface area contributed by atoms with Gasteiger partial charge in [-0.2, -0.15) is 11.3 Å². The molecule has 2 aromatic rings. The van der Waals surface area contributed by atoms with Crippen molar-refractivity contribution >= 4 is 34.9 Å². The molecule has 0 aliphatic carbocycles. The van der Waals surface area contributed by atoms with Crippen molar-refractivity contribution in [3.05, 3.63) is 40.6 Å². The van der Waals surface area contributed by atoms with Gasteiger partial charge < -0.3 is 9.64 Å². The van der Waals surface area contributed by atoms with Crippen molar-refractivity contribution in [2.45, 2.75) is 38.5 Å². The van der Waals surface area contributed by atoms with Crippen LogP contribution in [0.1, 0.15) is 19.4 Å². The van der Waals surface area contributed by atoms with E-state index in [0.717, 1.165) is 22.4 Å². The number of imide groups is 2. The average molecular weight is 411 g/mol. The summed E-state index contributed by atoms with van der Waals surface area (Å²) in [6.07, 6.45) is -0.181. The monoisotopic (exact) mass is 411 g/mol. The first-order valence-electron chi connectivity index (χ1n) is 9.64. The number of urea groups is 1. The number of ether oxygens (including phenoxy) is 1. The highest BCUT2D eigenvalue weighted by Crippen LogP contribution is 2.47. The smallest absolute Gasteiger partial charge is 0.328 e. The number of rotatable bonds is 1. The van der Waals surface area contributed by atoms with Gasteiger partial charge in [-0.05, 0) is 65.9 Å². The molecule has 0 radical (unpaired) electrons. The van der Waals surface area contributed by atoms with Gasteiger partial charge in [-0.3, -0.25) is 20.2 Å². The minimum Gasteiger partial charge on any atom is -0.372 e. The van der Waals surface area contributed by atoms with Gasteiger partial charge in [0.2, 0.25) is 11.8 Å². The van der Waals surface area contributed by atoms with Crippen LogP contribution < -0.4 is 15.5 Å². The molecule has 4 heterocycles. The molecule has 2 fully saturated rings. The van der Waals surface area contributed by atoms with Crippen LogP contribution in [-0.2, 0) is 20.7 Å². The molecule has 2 N–H and O–H groups in total. The second-order valence-electron chi connectivity index (χ2n) is 7.99. The molecule has 7 nitrogen and oxygen atoms in total. The van der Waals surface area contributed by atoms with Crippen molar-refractivity contribution in [2.24, 2.45) is 5.41 Å². The van der Waals surface area contributed by atoms with E-state index < -0.39 is 29.3 Å². The van der Waals surface area contributed by atoms with Crippen molar-refractivity contribution in [1.29, 1.82) is 0 Å². The number of carbonyl (C=O) groups is 3. The lowest BCUT2D eigenvalue weighted by Crippen LogP contribution is -2.75. The second-order valence-corrected chi connectivity index (χ2v) is 8.77. The van der Waals surface area contributed by atoms with Gasteiger partial charge in [0.15, 0.2) is 5.41 Å². The van der Waals surface area contributed by atoms with Gasteiger partial charge >= 0.3 is 6.03 Å². The van der Waals surface area contributed by atoms with Gasteiger partial charge in [-0.1, -0.05) is 6.07 Å². The standard InChI is InChI=1S/C21H21N3O4S/c1-11-9-24-16-4-3-13(14-5-6-29-10-14)7-15(16)8-21(17(24)12(2)28-11)18(25)22-20(27)23-19(21)26/h3-7,10-12,17H,8-9H2,1-2H3,(H2,22,23,25,26,27)/t11-,12+,17-/m1/s1. The van der Waals surface area contributed by atoms with Gasteiger partial charge in [0.25, 0.3) is 0 Å². The Kier molecular flexibility index (Phi) is 4.04. The van der Waals surface area contributed by atoms with E-state index in [2.05, 4.69) is 39.1 Å². The highest BCUT2D eigenvalue weighted by atomic mass is 32.1. The lowest BCUT2D eigenvalue weighted by molar-refractivity contribution is -0.153. The Balaban J connectivity index is 1.69. The Morgan fingerprint density at radius 1 is 1.10 bits per heavy atom. The van der Waals surface area contributed by atoms with Crippen LogP contribution in [0.2, 0.25) is 0 Å². The molecule has 1 aromatic carbocycles. The van der Waals surface area contributed by atoms with E-state index >= 15 is 0 Å². The normalized spacial score (nSPS) is 27.9. The zero-order valence-corrected chi connectivity index (χ0v) is 16.9. The molecule has 8 heteroatoms. The largest absolute Gasteiger partial charge is 0.372 e. The summed E-state index contributed by atoms with van der Waals surface area (Å²) in [5.74, 6) is -1.12. The van der Waals surface area contributed by atoms with E-state index in [1.165, 1.54) is 0 Å². The van der Waals surface area contributed by atoms with Crippen LogP contribution in [0, 0.1) is 5.41 Å². The van der Waals surface area contributed by atoms with Gasteiger partial charge in [0, 0.05) is 12.2 Å². The van der Waals surface area contributed by atoms with Crippen LogP contribution in [-0.4, -0.2) is 42.6 Å². The SMILES string of the molecule is C[C@@H]1CN2c3ccc(-c4ccsc4)cc3CC3(C(=O)NC(=O)NC3=O)[C@H]2[C@H](C)O1. The van der Waals surface area contributed by atoms with Crippen molar-refractivity contribution in [3.63, 3.8) is 0 Å². The highest BCUT2D eigenvalue weighted by Gasteiger charge is 2.62. The van der Waals surface area contributed by atoms with E-state index in [9.17, 15) is 14.4 Å². The zero-order valence-electron chi connectivity index (χ0n) is 16.1. The number of fused-ring (bicyclic) bond motifs is 4. The van der Waals surface area contributed by atoms with Gasteiger partial charge in [-0.25, -0.2) is 4.79 Å². The average Bonchev–Trinajstić information content (AvgIpc) is 3.20. The van der Waals surface area contributed by atoms with Crippen LogP contribution >= 0.6 is 11.3 Å². The van der Waals surface area contributed by atoms with Gasteiger partial charge in [0.05, 0.1) is 18.2 Å². The van der Waals surface area contributed by atoms with Crippen LogP contribution in [0.3, 0.4) is 0 Å². The third-order valence-electron chi connectivity index (χ3n) is 6.16. The number of anilines is 1. The number of hydrogen-bond donors (Lipinski definition) is 2. The Labute approximate surface area is 172 Å². The van der Waals surface area contributed by atoms with Crippen LogP contribution in [0.5, 0.6) is 0 Å². The molecular formula is C21H21N3O4S. The van der Waals surface area contributed by atoms with E-state index in [-0.39, 0.29) is 18.6 Å². The summed E-state index contributed by atoms with van der Waals surface area (Å²) in [4.78, 5) is 40.1. The molecule has 3 aliphatic rings. The number of amides is 4. The topological polar surface area (TPSA) is 87.7 Å². The fraction of sp³-hybridized carbons (Fsp3) is 0.381. The minimum atomic E-state index is -1.42. The summed E-state index contributed by atoms with van der Waals surface area (Å²) in [5.41, 5.74) is 2.66. The first-order chi connectivity index (χ1) is 13.9. The molecule has 150 valence electrons. The summed E-state index contributed by atoms with van der Waals surface area (Å²) in [6, 6.07) is 6.98. The Morgan fingerprint density at radius 3 is 2.55 bits per heavy atom. The number of carbonyl (C=O) groups excluding carboxylic acids is 3. The van der Waals surface area contributed by atoms with Crippen molar-refractivity contribution in [1.82, 2.24) is 10.6 Å². The Hall–Kier alpha value is -2.71. The fourth-order valence-electron chi connectivity index (χ4n) is 5.06. The molecular weight excluding hydrogens is 390 g/mol. The molecule has 4 amide bonds. The van der Waals surface area contributed by atoms with Gasteiger partial charge in [0.1, 0.15) is 0 Å². The predicted molar refractivity (Wildman–Crippen MR) is 109 cm³/mol. The number of benzene rings is 1. The maximum Gasteiger partial charge on any atom is 0.328 e. The molecule has 0 bridgehead atoms. The summed E-state index contributed by atoms with van der Waals surface area (Å²) in [5, 5.41) is 8.72. The van der Waals surface area contributed by atoms with Crippen LogP contribution in [0.25, 0.3) is 11.1 Å². The molecule has 29 heavy (non-hydrogen) atoms. The third kappa shape index (κ3) is 2.63. The molecule has 3 aliphatic heterocycles. The van der Waals surface area contributed by atoms with Crippen LogP contribution in [0.4, 0.5) is 10.5 Å². The zero-order chi connectivity index (χ0) is 20.3.